The lowest BCUT2D eigenvalue weighted by atomic mass is 10.8. The monoisotopic (exact) mass is 164 g/mol. The van der Waals surface area contributed by atoms with Crippen molar-refractivity contribution in [2.45, 2.75) is 5.44 Å². The van der Waals surface area contributed by atoms with Crippen molar-refractivity contribution in [1.29, 1.82) is 0 Å². The van der Waals surface area contributed by atoms with Crippen LogP contribution in [-0.4, -0.2) is 29.2 Å². The molecule has 0 rings (SSSR count). The van der Waals surface area contributed by atoms with Gasteiger partial charge >= 0.3 is 6.09 Å². The maximum Gasteiger partial charge on any atom is 0.406 e. The van der Waals surface area contributed by atoms with Crippen molar-refractivity contribution in [3.8, 4) is 0 Å². The Morgan fingerprint density at radius 3 is 2.90 bits per heavy atom. The second-order valence-corrected chi connectivity index (χ2v) is 2.24. The average molecular weight is 164 g/mol. The van der Waals surface area contributed by atoms with E-state index in [1.54, 1.807) is 6.26 Å². The van der Waals surface area contributed by atoms with Crippen LogP contribution < -0.4 is 5.73 Å². The van der Waals surface area contributed by atoms with Crippen LogP contribution in [0.2, 0.25) is 0 Å². The number of amides is 1. The second kappa shape index (κ2) is 4.92. The molecule has 0 aliphatic carbocycles. The van der Waals surface area contributed by atoms with Crippen molar-refractivity contribution in [2.24, 2.45) is 10.9 Å². The summed E-state index contributed by atoms with van der Waals surface area (Å²) in [7, 11) is 0. The zero-order chi connectivity index (χ0) is 7.98. The fraction of sp³-hybridized carbons (Fsp3) is 0.500. The third kappa shape index (κ3) is 4.02. The van der Waals surface area contributed by atoms with Crippen LogP contribution in [0.25, 0.3) is 0 Å². The minimum atomic E-state index is -0.890. The minimum absolute atomic E-state index is 0.609. The third-order valence-corrected chi connectivity index (χ3v) is 1.34. The first-order chi connectivity index (χ1) is 4.70. The fourth-order valence-corrected chi connectivity index (χ4v) is 0.676. The zero-order valence-electron chi connectivity index (χ0n) is 5.35. The first-order valence-corrected chi connectivity index (χ1v) is 3.66. The number of thioether (sulfide) groups is 1. The van der Waals surface area contributed by atoms with Crippen molar-refractivity contribution in [3.05, 3.63) is 0 Å². The maximum atomic E-state index is 10.1. The van der Waals surface area contributed by atoms with E-state index in [4.69, 9.17) is 5.21 Å². The van der Waals surface area contributed by atoms with E-state index in [9.17, 15) is 4.79 Å². The van der Waals surface area contributed by atoms with Crippen molar-refractivity contribution in [1.82, 2.24) is 0 Å². The standard InChI is InChI=1S/C4H8N2O3S/c1-10-3(2-6-8)9-4(5)7/h2-3,8H,1H3,(H2,5,7). The fourth-order valence-electron chi connectivity index (χ4n) is 0.308. The van der Waals surface area contributed by atoms with Gasteiger partial charge in [0.25, 0.3) is 0 Å². The lowest BCUT2D eigenvalue weighted by Crippen LogP contribution is -2.21. The number of nitrogens with zero attached hydrogens (tertiary/aromatic N) is 1. The summed E-state index contributed by atoms with van der Waals surface area (Å²) in [4.78, 5) is 10.1. The van der Waals surface area contributed by atoms with E-state index in [0.29, 0.717) is 0 Å². The highest BCUT2D eigenvalue weighted by molar-refractivity contribution is 7.99. The molecular formula is C4H8N2O3S. The molecule has 1 unspecified atom stereocenters. The second-order valence-electron chi connectivity index (χ2n) is 1.31. The van der Waals surface area contributed by atoms with Gasteiger partial charge in [-0.2, -0.15) is 0 Å². The molecule has 0 radical (unpaired) electrons. The number of hydrogen-bond acceptors (Lipinski definition) is 5. The number of ether oxygens (including phenoxy) is 1. The molecule has 0 bridgehead atoms. The topological polar surface area (TPSA) is 84.9 Å². The third-order valence-electron chi connectivity index (χ3n) is 0.653. The van der Waals surface area contributed by atoms with Gasteiger partial charge in [0.05, 0.1) is 6.21 Å². The molecule has 0 fully saturated rings. The van der Waals surface area contributed by atoms with E-state index in [-0.39, 0.29) is 0 Å². The van der Waals surface area contributed by atoms with Crippen molar-refractivity contribution in [2.75, 3.05) is 6.26 Å². The van der Waals surface area contributed by atoms with Gasteiger partial charge < -0.3 is 15.7 Å². The maximum absolute atomic E-state index is 10.1. The van der Waals surface area contributed by atoms with E-state index in [2.05, 4.69) is 15.6 Å². The molecular weight excluding hydrogens is 156 g/mol. The predicted molar refractivity (Wildman–Crippen MR) is 38.2 cm³/mol. The number of hydrogen-bond donors (Lipinski definition) is 2. The molecule has 0 aliphatic rings. The predicted octanol–water partition coefficient (Wildman–Crippen LogP) is 0.231. The van der Waals surface area contributed by atoms with Crippen LogP contribution in [0.5, 0.6) is 0 Å². The Kier molecular flexibility index (Phi) is 4.47. The smallest absolute Gasteiger partial charge is 0.406 e. The summed E-state index contributed by atoms with van der Waals surface area (Å²) in [5, 5.41) is 10.7. The molecule has 0 aromatic heterocycles. The molecule has 0 spiro atoms. The Balaban J connectivity index is 3.71. The number of oxime groups is 1. The van der Waals surface area contributed by atoms with Crippen LogP contribution in [0, 0.1) is 0 Å². The Hall–Kier alpha value is -0.910. The molecule has 1 atom stereocenters. The van der Waals surface area contributed by atoms with Gasteiger partial charge in [-0.3, -0.25) is 0 Å². The lowest BCUT2D eigenvalue weighted by Gasteiger charge is -2.06. The van der Waals surface area contributed by atoms with E-state index in [1.807, 2.05) is 0 Å². The largest absolute Gasteiger partial charge is 0.429 e. The summed E-state index contributed by atoms with van der Waals surface area (Å²) < 4.78 is 4.43. The Morgan fingerprint density at radius 2 is 2.60 bits per heavy atom. The first-order valence-electron chi connectivity index (χ1n) is 2.37. The van der Waals surface area contributed by atoms with E-state index >= 15 is 0 Å². The Labute approximate surface area is 62.2 Å². The molecule has 6 heteroatoms. The van der Waals surface area contributed by atoms with Crippen LogP contribution in [0.4, 0.5) is 4.79 Å². The quantitative estimate of drug-likeness (QED) is 0.270. The number of nitrogens with two attached hydrogens (primary N) is 1. The Bertz CT molecular complexity index is 138. The van der Waals surface area contributed by atoms with E-state index in [1.165, 1.54) is 11.8 Å². The summed E-state index contributed by atoms with van der Waals surface area (Å²) in [6, 6.07) is 0. The zero-order valence-corrected chi connectivity index (χ0v) is 6.17. The normalized spacial score (nSPS) is 13.3. The summed E-state index contributed by atoms with van der Waals surface area (Å²) in [6.45, 7) is 0. The highest BCUT2D eigenvalue weighted by atomic mass is 32.2. The molecule has 5 nitrogen and oxygen atoms in total. The Morgan fingerprint density at radius 1 is 2.00 bits per heavy atom. The molecule has 0 heterocycles. The molecule has 3 N–H and O–H groups in total. The van der Waals surface area contributed by atoms with Gasteiger partial charge in [-0.05, 0) is 6.26 Å². The average Bonchev–Trinajstić information content (AvgIpc) is 1.86. The minimum Gasteiger partial charge on any atom is -0.429 e. The van der Waals surface area contributed by atoms with E-state index < -0.39 is 11.5 Å². The van der Waals surface area contributed by atoms with Gasteiger partial charge in [-0.25, -0.2) is 4.79 Å². The van der Waals surface area contributed by atoms with Crippen molar-refractivity contribution < 1.29 is 14.7 Å². The highest BCUT2D eigenvalue weighted by Gasteiger charge is 2.06. The van der Waals surface area contributed by atoms with E-state index in [0.717, 1.165) is 6.21 Å². The number of primary amides is 1. The van der Waals surface area contributed by atoms with Crippen molar-refractivity contribution >= 4 is 24.1 Å². The van der Waals surface area contributed by atoms with Gasteiger partial charge in [0.2, 0.25) is 0 Å². The summed E-state index contributed by atoms with van der Waals surface area (Å²) >= 11 is 1.19. The number of rotatable bonds is 3. The molecule has 10 heavy (non-hydrogen) atoms. The van der Waals surface area contributed by atoms with Gasteiger partial charge in [0.15, 0.2) is 5.44 Å². The van der Waals surface area contributed by atoms with Gasteiger partial charge in [0, 0.05) is 0 Å². The van der Waals surface area contributed by atoms with Crippen LogP contribution in [0.3, 0.4) is 0 Å². The van der Waals surface area contributed by atoms with Crippen LogP contribution in [-0.2, 0) is 4.74 Å². The van der Waals surface area contributed by atoms with Gasteiger partial charge in [-0.1, -0.05) is 5.16 Å². The number of carbonyl (C=O) groups excluding carboxylic acids is 1. The SMILES string of the molecule is CSC(C=NO)OC(N)=O. The molecule has 0 saturated heterocycles. The first kappa shape index (κ1) is 9.09. The van der Waals surface area contributed by atoms with Gasteiger partial charge in [0.1, 0.15) is 0 Å². The summed E-state index contributed by atoms with van der Waals surface area (Å²) in [5.74, 6) is 0. The molecule has 0 saturated carbocycles. The number of carbonyl (C=O) groups is 1. The van der Waals surface area contributed by atoms with Crippen molar-refractivity contribution in [3.63, 3.8) is 0 Å². The highest BCUT2D eigenvalue weighted by Crippen LogP contribution is 2.04. The van der Waals surface area contributed by atoms with Crippen LogP contribution in [0.1, 0.15) is 0 Å². The van der Waals surface area contributed by atoms with Crippen LogP contribution in [0.15, 0.2) is 5.16 Å². The summed E-state index contributed by atoms with van der Waals surface area (Å²) in [6.07, 6.45) is 1.87. The molecule has 0 aromatic carbocycles. The lowest BCUT2D eigenvalue weighted by molar-refractivity contribution is 0.164. The summed E-state index contributed by atoms with van der Waals surface area (Å²) in [5.41, 5.74) is 4.07. The molecule has 1 amide bonds. The molecule has 0 aliphatic heterocycles. The van der Waals surface area contributed by atoms with Gasteiger partial charge in [-0.15, -0.1) is 11.8 Å². The van der Waals surface area contributed by atoms with Crippen LogP contribution >= 0.6 is 11.8 Å². The molecule has 58 valence electrons. The molecule has 0 aromatic rings.